The van der Waals surface area contributed by atoms with Crippen molar-refractivity contribution in [2.75, 3.05) is 25.2 Å². The maximum absolute atomic E-state index is 13.5. The second-order valence-corrected chi connectivity index (χ2v) is 15.7. The summed E-state index contributed by atoms with van der Waals surface area (Å²) in [6.07, 6.45) is 0.628. The van der Waals surface area contributed by atoms with E-state index in [-0.39, 0.29) is 35.8 Å². The number of fused-ring (bicyclic) bond motifs is 1. The number of rotatable bonds is 17. The maximum Gasteiger partial charge on any atom is 0.270 e. The number of aliphatic hydroxyl groups excluding tert-OH is 1. The number of nitrogens with one attached hydrogen (secondary N) is 4. The Morgan fingerprint density at radius 3 is 2.18 bits per heavy atom. The number of amides is 4. The Morgan fingerprint density at radius 1 is 0.933 bits per heavy atom. The molecule has 0 unspecified atom stereocenters. The summed E-state index contributed by atoms with van der Waals surface area (Å²) in [6, 6.07) is -3.09. The molecule has 0 aromatic heterocycles. The molecule has 258 valence electrons. The number of carbonyl (C=O) groups is 4. The summed E-state index contributed by atoms with van der Waals surface area (Å²) in [4.78, 5) is 57.5. The standard InChI is InChI=1S/C30H53N5O9S/c1-16(2)12-21(23(36)13-19(7)26(37)34-24(18(5)6)28(39)31-14-17(3)4)32-27(38)22(15-45(8,41)42)33-29(40)25-20-10-9-11-43-30(20)44-35-25/h16-24,30,36H,9-15H2,1-8H3,(H,31,39)(H,32,38)(H,33,40)(H,34,37)/t19-,20+,21+,22+,23+,24+,30-/m1/s1. The third-order valence-corrected chi connectivity index (χ3v) is 8.63. The van der Waals surface area contributed by atoms with E-state index in [9.17, 15) is 32.7 Å². The molecule has 14 nitrogen and oxygen atoms in total. The van der Waals surface area contributed by atoms with Gasteiger partial charge in [-0.3, -0.25) is 19.2 Å². The van der Waals surface area contributed by atoms with Crippen LogP contribution in [-0.2, 0) is 38.6 Å². The van der Waals surface area contributed by atoms with E-state index in [1.807, 2.05) is 41.5 Å². The monoisotopic (exact) mass is 659 g/mol. The highest BCUT2D eigenvalue weighted by Crippen LogP contribution is 2.28. The number of hydrogen-bond acceptors (Lipinski definition) is 10. The quantitative estimate of drug-likeness (QED) is 0.147. The van der Waals surface area contributed by atoms with Gasteiger partial charge in [0.1, 0.15) is 21.9 Å². The van der Waals surface area contributed by atoms with Gasteiger partial charge in [-0.25, -0.2) is 8.42 Å². The fourth-order valence-electron chi connectivity index (χ4n) is 5.21. The molecule has 2 heterocycles. The van der Waals surface area contributed by atoms with E-state index in [4.69, 9.17) is 9.57 Å². The number of ether oxygens (including phenoxy) is 1. The van der Waals surface area contributed by atoms with Crippen LogP contribution in [-0.4, -0.2) is 98.5 Å². The van der Waals surface area contributed by atoms with Crippen LogP contribution in [0.3, 0.4) is 0 Å². The highest BCUT2D eigenvalue weighted by atomic mass is 32.2. The predicted molar refractivity (Wildman–Crippen MR) is 168 cm³/mol. The van der Waals surface area contributed by atoms with Crippen molar-refractivity contribution >= 4 is 39.2 Å². The van der Waals surface area contributed by atoms with Gasteiger partial charge in [0, 0.05) is 18.7 Å². The summed E-state index contributed by atoms with van der Waals surface area (Å²) in [5.74, 6) is -3.99. The minimum atomic E-state index is -3.72. The van der Waals surface area contributed by atoms with Crippen LogP contribution in [0.15, 0.2) is 5.16 Å². The van der Waals surface area contributed by atoms with Gasteiger partial charge in [-0.1, -0.05) is 53.6 Å². The van der Waals surface area contributed by atoms with Gasteiger partial charge in [0.25, 0.3) is 5.91 Å². The highest BCUT2D eigenvalue weighted by Gasteiger charge is 2.42. The fraction of sp³-hybridized carbons (Fsp3) is 0.833. The van der Waals surface area contributed by atoms with E-state index < -0.39 is 75.7 Å². The number of carbonyl (C=O) groups excluding carboxylic acids is 4. The zero-order valence-corrected chi connectivity index (χ0v) is 28.6. The summed E-state index contributed by atoms with van der Waals surface area (Å²) in [6.45, 7) is 13.9. The first-order valence-corrected chi connectivity index (χ1v) is 17.9. The van der Waals surface area contributed by atoms with Crippen LogP contribution in [0.1, 0.15) is 74.1 Å². The van der Waals surface area contributed by atoms with Gasteiger partial charge in [-0.2, -0.15) is 0 Å². The molecule has 2 rings (SSSR count). The predicted octanol–water partition coefficient (Wildman–Crippen LogP) is 0.486. The molecule has 15 heteroatoms. The van der Waals surface area contributed by atoms with Crippen molar-refractivity contribution in [1.29, 1.82) is 0 Å². The second kappa shape index (κ2) is 17.2. The number of aliphatic hydroxyl groups is 1. The average molecular weight is 660 g/mol. The van der Waals surface area contributed by atoms with Gasteiger partial charge < -0.3 is 35.9 Å². The highest BCUT2D eigenvalue weighted by molar-refractivity contribution is 7.90. The van der Waals surface area contributed by atoms with E-state index in [1.54, 1.807) is 6.92 Å². The molecule has 2 aliphatic rings. The first-order valence-electron chi connectivity index (χ1n) is 15.8. The van der Waals surface area contributed by atoms with Gasteiger partial charge in [0.2, 0.25) is 24.0 Å². The zero-order chi connectivity index (χ0) is 34.1. The lowest BCUT2D eigenvalue weighted by Crippen LogP contribution is -2.57. The molecule has 0 bridgehead atoms. The molecule has 5 N–H and O–H groups in total. The van der Waals surface area contributed by atoms with E-state index in [0.29, 0.717) is 32.4 Å². The van der Waals surface area contributed by atoms with Crippen molar-refractivity contribution in [3.63, 3.8) is 0 Å². The van der Waals surface area contributed by atoms with Crippen LogP contribution < -0.4 is 21.3 Å². The Hall–Kier alpha value is -2.78. The first-order chi connectivity index (χ1) is 20.9. The fourth-order valence-corrected chi connectivity index (χ4v) is 6.05. The molecule has 0 radical (unpaired) electrons. The second-order valence-electron chi connectivity index (χ2n) is 13.5. The van der Waals surface area contributed by atoms with Crippen LogP contribution in [0.4, 0.5) is 0 Å². The van der Waals surface area contributed by atoms with Gasteiger partial charge in [-0.15, -0.1) is 0 Å². The Balaban J connectivity index is 2.12. The van der Waals surface area contributed by atoms with Crippen molar-refractivity contribution < 1.29 is 42.3 Å². The Bertz CT molecular complexity index is 1170. The van der Waals surface area contributed by atoms with E-state index in [2.05, 4.69) is 26.4 Å². The maximum atomic E-state index is 13.5. The molecule has 0 aromatic carbocycles. The molecule has 45 heavy (non-hydrogen) atoms. The van der Waals surface area contributed by atoms with Crippen LogP contribution in [0.5, 0.6) is 0 Å². The largest absolute Gasteiger partial charge is 0.391 e. The lowest BCUT2D eigenvalue weighted by molar-refractivity contribution is -0.162. The minimum absolute atomic E-state index is 0.0141. The molecule has 1 saturated heterocycles. The van der Waals surface area contributed by atoms with Gasteiger partial charge in [0.15, 0.2) is 5.71 Å². The zero-order valence-electron chi connectivity index (χ0n) is 27.8. The summed E-state index contributed by atoms with van der Waals surface area (Å²) in [5, 5.41) is 25.8. The average Bonchev–Trinajstić information content (AvgIpc) is 3.36. The summed E-state index contributed by atoms with van der Waals surface area (Å²) >= 11 is 0. The Morgan fingerprint density at radius 2 is 1.60 bits per heavy atom. The first kappa shape index (κ1) is 38.4. The third-order valence-electron chi connectivity index (χ3n) is 7.69. The molecule has 0 saturated carbocycles. The van der Waals surface area contributed by atoms with Crippen molar-refractivity contribution in [1.82, 2.24) is 21.3 Å². The van der Waals surface area contributed by atoms with E-state index in [1.165, 1.54) is 0 Å². The van der Waals surface area contributed by atoms with Crippen molar-refractivity contribution in [2.45, 2.75) is 105 Å². The smallest absolute Gasteiger partial charge is 0.270 e. The summed E-state index contributed by atoms with van der Waals surface area (Å²) in [5.41, 5.74) is 0.0298. The molecule has 7 atom stereocenters. The SMILES string of the molecule is CC(C)CNC(=O)[C@@H](NC(=O)[C@H](C)C[C@H](O)[C@H](CC(C)C)NC(=O)[C@H](CS(C)(=O)=O)NC(=O)C1=NO[C@H]2OCCC[C@@H]12)C(C)C. The lowest BCUT2D eigenvalue weighted by Gasteiger charge is -2.30. The van der Waals surface area contributed by atoms with E-state index >= 15 is 0 Å². The molecule has 0 aliphatic carbocycles. The third kappa shape index (κ3) is 12.5. The number of hydrogen-bond donors (Lipinski definition) is 5. The van der Waals surface area contributed by atoms with Crippen molar-refractivity contribution in [3.05, 3.63) is 0 Å². The number of sulfone groups is 1. The minimum Gasteiger partial charge on any atom is -0.391 e. The summed E-state index contributed by atoms with van der Waals surface area (Å²) < 4.78 is 29.9. The van der Waals surface area contributed by atoms with Gasteiger partial charge in [0.05, 0.1) is 30.4 Å². The molecule has 1 fully saturated rings. The molecule has 2 aliphatic heterocycles. The van der Waals surface area contributed by atoms with Gasteiger partial charge >= 0.3 is 0 Å². The van der Waals surface area contributed by atoms with E-state index in [0.717, 1.165) is 6.26 Å². The Kier molecular flexibility index (Phi) is 14.7. The molecule has 4 amide bonds. The van der Waals surface area contributed by atoms with Crippen molar-refractivity contribution in [3.8, 4) is 0 Å². The molecular weight excluding hydrogens is 606 g/mol. The summed E-state index contributed by atoms with van der Waals surface area (Å²) in [7, 11) is -3.72. The molecule has 0 aromatic rings. The number of nitrogens with zero attached hydrogens (tertiary/aromatic N) is 1. The van der Waals surface area contributed by atoms with Crippen LogP contribution >= 0.6 is 0 Å². The van der Waals surface area contributed by atoms with Crippen molar-refractivity contribution in [2.24, 2.45) is 34.7 Å². The Labute approximate surface area is 267 Å². The normalized spacial score (nSPS) is 21.6. The van der Waals surface area contributed by atoms with Gasteiger partial charge in [-0.05, 0) is 43.4 Å². The molecular formula is C30H53N5O9S. The van der Waals surface area contributed by atoms with Crippen LogP contribution in [0, 0.1) is 29.6 Å². The van der Waals surface area contributed by atoms with Crippen LogP contribution in [0.2, 0.25) is 0 Å². The lowest BCUT2D eigenvalue weighted by atomic mass is 9.91. The van der Waals surface area contributed by atoms with Crippen LogP contribution in [0.25, 0.3) is 0 Å². The topological polar surface area (TPSA) is 202 Å². The molecule has 0 spiro atoms. The number of oxime groups is 1.